The van der Waals surface area contributed by atoms with E-state index in [1.807, 2.05) is 74.5 Å². The number of anilines is 2. The fraction of sp³-hybridized carbons (Fsp3) is 0.0909. The Morgan fingerprint density at radius 2 is 1.75 bits per heavy atom. The summed E-state index contributed by atoms with van der Waals surface area (Å²) >= 11 is 0. The van der Waals surface area contributed by atoms with E-state index in [1.54, 1.807) is 10.9 Å². The van der Waals surface area contributed by atoms with E-state index in [4.69, 9.17) is 9.97 Å². The van der Waals surface area contributed by atoms with E-state index >= 15 is 0 Å². The Labute approximate surface area is 161 Å². The Morgan fingerprint density at radius 1 is 0.893 bits per heavy atom. The quantitative estimate of drug-likeness (QED) is 0.500. The molecule has 2 aromatic carbocycles. The first-order chi connectivity index (χ1) is 13.7. The van der Waals surface area contributed by atoms with E-state index in [0.29, 0.717) is 5.95 Å². The molecule has 6 heteroatoms. The van der Waals surface area contributed by atoms with Crippen molar-refractivity contribution < 1.29 is 0 Å². The smallest absolute Gasteiger partial charge is 0.253 e. The molecule has 0 aliphatic carbocycles. The number of hydrogen-bond donors (Lipinski definition) is 1. The highest BCUT2D eigenvalue weighted by Gasteiger charge is 2.13. The van der Waals surface area contributed by atoms with Crippen LogP contribution < -0.4 is 5.32 Å². The van der Waals surface area contributed by atoms with E-state index in [-0.39, 0.29) is 0 Å². The summed E-state index contributed by atoms with van der Waals surface area (Å²) in [5.74, 6) is 1.27. The van der Waals surface area contributed by atoms with E-state index in [1.165, 1.54) is 0 Å². The summed E-state index contributed by atoms with van der Waals surface area (Å²) < 4.78 is 1.77. The van der Waals surface area contributed by atoms with Crippen LogP contribution in [0.25, 0.3) is 27.8 Å². The van der Waals surface area contributed by atoms with Crippen LogP contribution in [-0.2, 0) is 0 Å². The minimum atomic E-state index is 0.542. The van der Waals surface area contributed by atoms with Gasteiger partial charge in [0.2, 0.25) is 0 Å². The van der Waals surface area contributed by atoms with Crippen LogP contribution in [0.15, 0.2) is 66.9 Å². The second-order valence-corrected chi connectivity index (χ2v) is 6.73. The Bertz CT molecular complexity index is 1320. The van der Waals surface area contributed by atoms with Crippen LogP contribution in [0, 0.1) is 13.8 Å². The number of benzene rings is 2. The maximum atomic E-state index is 4.80. The first-order valence-electron chi connectivity index (χ1n) is 9.10. The third kappa shape index (κ3) is 2.75. The van der Waals surface area contributed by atoms with E-state index in [2.05, 4.69) is 15.4 Å². The van der Waals surface area contributed by atoms with Gasteiger partial charge in [-0.3, -0.25) is 4.98 Å². The highest BCUT2D eigenvalue weighted by atomic mass is 15.4. The monoisotopic (exact) mass is 366 g/mol. The zero-order valence-electron chi connectivity index (χ0n) is 15.6. The van der Waals surface area contributed by atoms with Crippen LogP contribution in [0.5, 0.6) is 0 Å². The van der Waals surface area contributed by atoms with Crippen LogP contribution in [0.4, 0.5) is 11.5 Å². The van der Waals surface area contributed by atoms with Gasteiger partial charge in [0, 0.05) is 22.7 Å². The van der Waals surface area contributed by atoms with Crippen molar-refractivity contribution in [2.24, 2.45) is 0 Å². The summed E-state index contributed by atoms with van der Waals surface area (Å²) in [4.78, 5) is 14.0. The molecule has 1 N–H and O–H groups in total. The van der Waals surface area contributed by atoms with Gasteiger partial charge < -0.3 is 5.32 Å². The largest absolute Gasteiger partial charge is 0.338 e. The molecule has 28 heavy (non-hydrogen) atoms. The number of aryl methyl sites for hydroxylation is 2. The topological polar surface area (TPSA) is 68.5 Å². The zero-order valence-corrected chi connectivity index (χ0v) is 15.6. The number of nitrogens with one attached hydrogen (secondary N) is 1. The van der Waals surface area contributed by atoms with Gasteiger partial charge in [-0.1, -0.05) is 30.3 Å². The van der Waals surface area contributed by atoms with E-state index < -0.39 is 0 Å². The Hall–Kier alpha value is -3.80. The van der Waals surface area contributed by atoms with Crippen LogP contribution in [0.3, 0.4) is 0 Å². The molecule has 0 aliphatic heterocycles. The normalized spacial score (nSPS) is 11.2. The molecule has 0 saturated heterocycles. The summed E-state index contributed by atoms with van der Waals surface area (Å²) in [6.45, 7) is 3.96. The Balaban J connectivity index is 1.71. The van der Waals surface area contributed by atoms with Crippen LogP contribution >= 0.6 is 0 Å². The van der Waals surface area contributed by atoms with Gasteiger partial charge in [0.15, 0.2) is 0 Å². The first kappa shape index (κ1) is 16.4. The lowest BCUT2D eigenvalue weighted by atomic mass is 10.2. The summed E-state index contributed by atoms with van der Waals surface area (Å²) in [5, 5.41) is 10.0. The molecule has 5 aromatic rings. The third-order valence-electron chi connectivity index (χ3n) is 4.68. The minimum absolute atomic E-state index is 0.542. The zero-order chi connectivity index (χ0) is 19.1. The molecule has 0 aliphatic rings. The molecule has 0 atom stereocenters. The summed E-state index contributed by atoms with van der Waals surface area (Å²) in [7, 11) is 0. The summed E-state index contributed by atoms with van der Waals surface area (Å²) in [5.41, 5.74) is 4.59. The van der Waals surface area contributed by atoms with Crippen LogP contribution in [-0.4, -0.2) is 24.7 Å². The van der Waals surface area contributed by atoms with Crippen molar-refractivity contribution >= 4 is 33.3 Å². The number of pyridine rings is 1. The number of nitrogens with zero attached hydrogens (tertiary/aromatic N) is 5. The lowest BCUT2D eigenvalue weighted by Crippen LogP contribution is -2.08. The van der Waals surface area contributed by atoms with Crippen molar-refractivity contribution in [2.45, 2.75) is 13.8 Å². The fourth-order valence-electron chi connectivity index (χ4n) is 3.42. The van der Waals surface area contributed by atoms with Crippen LogP contribution in [0.1, 0.15) is 11.4 Å². The van der Waals surface area contributed by atoms with E-state index in [9.17, 15) is 0 Å². The predicted octanol–water partition coefficient (Wildman–Crippen LogP) is 4.72. The SMILES string of the molecule is Cc1cc(C)n(-c2nc(Nc3cccc4cccnc34)c3ccccc3n2)n1. The molecular weight excluding hydrogens is 348 g/mol. The highest BCUT2D eigenvalue weighted by molar-refractivity contribution is 5.96. The van der Waals surface area contributed by atoms with Gasteiger partial charge >= 0.3 is 0 Å². The molecule has 0 unspecified atom stereocenters. The second-order valence-electron chi connectivity index (χ2n) is 6.73. The standard InChI is InChI=1S/C22H18N6/c1-14-13-15(2)28(27-14)22-25-18-10-4-3-9-17(18)21(26-22)24-19-11-5-7-16-8-6-12-23-20(16)19/h3-13H,1-2H3,(H,24,25,26). The van der Waals surface area contributed by atoms with Gasteiger partial charge in [-0.15, -0.1) is 0 Å². The second kappa shape index (κ2) is 6.42. The first-order valence-corrected chi connectivity index (χ1v) is 9.10. The van der Waals surface area contributed by atoms with E-state index in [0.717, 1.165) is 44.7 Å². The number of para-hydroxylation sites is 2. The molecule has 0 fully saturated rings. The average Bonchev–Trinajstić information content (AvgIpc) is 3.06. The van der Waals surface area contributed by atoms with Gasteiger partial charge in [0.1, 0.15) is 5.82 Å². The van der Waals surface area contributed by atoms with Crippen molar-refractivity contribution in [1.29, 1.82) is 0 Å². The Morgan fingerprint density at radius 3 is 2.61 bits per heavy atom. The highest BCUT2D eigenvalue weighted by Crippen LogP contribution is 2.28. The summed E-state index contributed by atoms with van der Waals surface area (Å²) in [6, 6.07) is 20.0. The molecule has 136 valence electrons. The molecule has 0 amide bonds. The lowest BCUT2D eigenvalue weighted by Gasteiger charge is -2.12. The Kier molecular flexibility index (Phi) is 3.76. The van der Waals surface area contributed by atoms with Gasteiger partial charge in [-0.2, -0.15) is 10.1 Å². The van der Waals surface area contributed by atoms with Crippen LogP contribution in [0.2, 0.25) is 0 Å². The minimum Gasteiger partial charge on any atom is -0.338 e. The average molecular weight is 366 g/mol. The van der Waals surface area contributed by atoms with Crippen molar-refractivity contribution in [3.63, 3.8) is 0 Å². The van der Waals surface area contributed by atoms with Crippen molar-refractivity contribution in [3.05, 3.63) is 78.2 Å². The lowest BCUT2D eigenvalue weighted by molar-refractivity contribution is 0.781. The fourth-order valence-corrected chi connectivity index (χ4v) is 3.42. The maximum absolute atomic E-state index is 4.80. The van der Waals surface area contributed by atoms with Crippen molar-refractivity contribution in [2.75, 3.05) is 5.32 Å². The maximum Gasteiger partial charge on any atom is 0.253 e. The summed E-state index contributed by atoms with van der Waals surface area (Å²) in [6.07, 6.45) is 1.80. The third-order valence-corrected chi connectivity index (χ3v) is 4.68. The molecule has 0 spiro atoms. The molecule has 0 bridgehead atoms. The molecule has 3 heterocycles. The molecule has 3 aromatic heterocycles. The number of hydrogen-bond acceptors (Lipinski definition) is 5. The number of fused-ring (bicyclic) bond motifs is 2. The van der Waals surface area contributed by atoms with Crippen molar-refractivity contribution in [1.82, 2.24) is 24.7 Å². The molecular formula is C22H18N6. The predicted molar refractivity (Wildman–Crippen MR) is 111 cm³/mol. The molecule has 6 nitrogen and oxygen atoms in total. The van der Waals surface area contributed by atoms with Gasteiger partial charge in [0.05, 0.1) is 22.4 Å². The van der Waals surface area contributed by atoms with Gasteiger partial charge in [-0.05, 0) is 44.2 Å². The van der Waals surface area contributed by atoms with Gasteiger partial charge in [0.25, 0.3) is 5.95 Å². The number of aromatic nitrogens is 5. The number of rotatable bonds is 3. The molecule has 0 radical (unpaired) electrons. The van der Waals surface area contributed by atoms with Crippen molar-refractivity contribution in [3.8, 4) is 5.95 Å². The molecule has 5 rings (SSSR count). The molecule has 0 saturated carbocycles. The van der Waals surface area contributed by atoms with Gasteiger partial charge in [-0.25, -0.2) is 9.67 Å².